The maximum absolute atomic E-state index is 13.9. The Kier molecular flexibility index (Phi) is 3.98. The molecular weight excluding hydrogens is 261 g/mol. The lowest BCUT2D eigenvalue weighted by Gasteiger charge is -2.10. The largest absolute Gasteiger partial charge is 0.313 e. The van der Waals surface area contributed by atoms with Gasteiger partial charge in [0.2, 0.25) is 0 Å². The molecule has 0 spiro atoms. The summed E-state index contributed by atoms with van der Waals surface area (Å²) in [5.74, 6) is -0.153. The number of fused-ring (bicyclic) bond motifs is 1. The van der Waals surface area contributed by atoms with E-state index in [0.717, 1.165) is 17.7 Å². The van der Waals surface area contributed by atoms with E-state index in [4.69, 9.17) is 0 Å². The van der Waals surface area contributed by atoms with E-state index < -0.39 is 0 Å². The van der Waals surface area contributed by atoms with E-state index >= 15 is 0 Å². The van der Waals surface area contributed by atoms with E-state index in [9.17, 15) is 4.39 Å². The van der Waals surface area contributed by atoms with Crippen molar-refractivity contribution in [2.45, 2.75) is 13.5 Å². The Morgan fingerprint density at radius 3 is 2.62 bits per heavy atom. The quantitative estimate of drug-likeness (QED) is 0.726. The van der Waals surface area contributed by atoms with Crippen LogP contribution in [0.5, 0.6) is 0 Å². The van der Waals surface area contributed by atoms with E-state index in [1.165, 1.54) is 10.8 Å². The van der Waals surface area contributed by atoms with Crippen molar-refractivity contribution in [2.24, 2.45) is 0 Å². The molecule has 0 radical (unpaired) electrons. The number of benzene rings is 3. The Bertz CT molecular complexity index is 759. The summed E-state index contributed by atoms with van der Waals surface area (Å²) in [7, 11) is 0. The van der Waals surface area contributed by atoms with E-state index in [-0.39, 0.29) is 5.82 Å². The van der Waals surface area contributed by atoms with Crippen LogP contribution in [0.15, 0.2) is 60.7 Å². The molecule has 0 aliphatic heterocycles. The van der Waals surface area contributed by atoms with Gasteiger partial charge >= 0.3 is 0 Å². The van der Waals surface area contributed by atoms with Gasteiger partial charge in [0.25, 0.3) is 0 Å². The zero-order valence-electron chi connectivity index (χ0n) is 12.1. The molecule has 0 amide bonds. The minimum atomic E-state index is -0.153. The molecule has 0 atom stereocenters. The van der Waals surface area contributed by atoms with Crippen molar-refractivity contribution in [3.8, 4) is 11.1 Å². The van der Waals surface area contributed by atoms with Gasteiger partial charge in [-0.1, -0.05) is 55.5 Å². The molecule has 0 aromatic heterocycles. The van der Waals surface area contributed by atoms with Crippen molar-refractivity contribution in [2.75, 3.05) is 6.54 Å². The van der Waals surface area contributed by atoms with Crippen LogP contribution in [0.3, 0.4) is 0 Å². The first-order chi connectivity index (χ1) is 10.3. The smallest absolute Gasteiger partial charge is 0.127 e. The first-order valence-electron chi connectivity index (χ1n) is 7.27. The van der Waals surface area contributed by atoms with Gasteiger partial charge in [-0.3, -0.25) is 0 Å². The molecule has 3 aromatic rings. The number of nitrogens with one attached hydrogen (secondary N) is 1. The van der Waals surface area contributed by atoms with Gasteiger partial charge in [0.1, 0.15) is 5.82 Å². The molecule has 2 heteroatoms. The fourth-order valence-electron chi connectivity index (χ4n) is 2.61. The maximum Gasteiger partial charge on any atom is 0.127 e. The van der Waals surface area contributed by atoms with Crippen LogP contribution in [-0.2, 0) is 6.54 Å². The highest BCUT2D eigenvalue weighted by Crippen LogP contribution is 2.29. The highest BCUT2D eigenvalue weighted by atomic mass is 19.1. The predicted molar refractivity (Wildman–Crippen MR) is 86.7 cm³/mol. The van der Waals surface area contributed by atoms with Gasteiger partial charge in [0.15, 0.2) is 0 Å². The van der Waals surface area contributed by atoms with Crippen molar-refractivity contribution >= 4 is 10.8 Å². The van der Waals surface area contributed by atoms with Crippen LogP contribution in [0.2, 0.25) is 0 Å². The van der Waals surface area contributed by atoms with Crippen LogP contribution in [-0.4, -0.2) is 6.54 Å². The standard InChI is InChI=1S/C19H18FN/c1-2-21-13-16-12-15(10-11-19(16)20)18-9-5-7-14-6-3-4-8-17(14)18/h3-12,21H,2,13H2,1H3. The van der Waals surface area contributed by atoms with Crippen molar-refractivity contribution < 1.29 is 4.39 Å². The van der Waals surface area contributed by atoms with Gasteiger partial charge in [0.05, 0.1) is 0 Å². The average molecular weight is 279 g/mol. The Hall–Kier alpha value is -2.19. The Morgan fingerprint density at radius 1 is 0.952 bits per heavy atom. The van der Waals surface area contributed by atoms with Crippen LogP contribution in [0.4, 0.5) is 4.39 Å². The normalized spacial score (nSPS) is 11.0. The average Bonchev–Trinajstić information content (AvgIpc) is 2.54. The summed E-state index contributed by atoms with van der Waals surface area (Å²) in [6, 6.07) is 19.9. The summed E-state index contributed by atoms with van der Waals surface area (Å²) >= 11 is 0. The molecule has 0 saturated carbocycles. The zero-order valence-corrected chi connectivity index (χ0v) is 12.1. The lowest BCUT2D eigenvalue weighted by atomic mass is 9.97. The predicted octanol–water partition coefficient (Wildman–Crippen LogP) is 4.76. The first kappa shape index (κ1) is 13.8. The fraction of sp³-hybridized carbons (Fsp3) is 0.158. The van der Waals surface area contributed by atoms with Crippen LogP contribution >= 0.6 is 0 Å². The number of rotatable bonds is 4. The molecule has 0 heterocycles. The lowest BCUT2D eigenvalue weighted by molar-refractivity contribution is 0.593. The summed E-state index contributed by atoms with van der Waals surface area (Å²) in [4.78, 5) is 0. The first-order valence-corrected chi connectivity index (χ1v) is 7.27. The molecule has 106 valence electrons. The molecular formula is C19H18FN. The SMILES string of the molecule is CCNCc1cc(-c2cccc3ccccc23)ccc1F. The van der Waals surface area contributed by atoms with Crippen molar-refractivity contribution in [3.05, 3.63) is 72.0 Å². The monoisotopic (exact) mass is 279 g/mol. The molecule has 1 nitrogen and oxygen atoms in total. The summed E-state index contributed by atoms with van der Waals surface area (Å²) < 4.78 is 13.9. The van der Waals surface area contributed by atoms with E-state index in [1.807, 2.05) is 37.3 Å². The second kappa shape index (κ2) is 6.06. The summed E-state index contributed by atoms with van der Waals surface area (Å²) in [5, 5.41) is 5.58. The topological polar surface area (TPSA) is 12.0 Å². The van der Waals surface area contributed by atoms with Gasteiger partial charge < -0.3 is 5.32 Å². The van der Waals surface area contributed by atoms with Crippen LogP contribution in [0.25, 0.3) is 21.9 Å². The summed E-state index contributed by atoms with van der Waals surface area (Å²) in [5.41, 5.74) is 2.91. The highest BCUT2D eigenvalue weighted by Gasteiger charge is 2.07. The van der Waals surface area contributed by atoms with Gasteiger partial charge in [-0.2, -0.15) is 0 Å². The summed E-state index contributed by atoms with van der Waals surface area (Å²) in [6.45, 7) is 3.41. The van der Waals surface area contributed by atoms with Gasteiger partial charge in [-0.15, -0.1) is 0 Å². The second-order valence-corrected chi connectivity index (χ2v) is 5.11. The zero-order chi connectivity index (χ0) is 14.7. The van der Waals surface area contributed by atoms with E-state index in [0.29, 0.717) is 12.1 Å². The molecule has 3 aromatic carbocycles. The molecule has 3 rings (SSSR count). The molecule has 0 fully saturated rings. The van der Waals surface area contributed by atoms with E-state index in [2.05, 4.69) is 29.6 Å². The third-order valence-electron chi connectivity index (χ3n) is 3.71. The van der Waals surface area contributed by atoms with Gasteiger partial charge in [-0.25, -0.2) is 4.39 Å². The molecule has 0 saturated heterocycles. The third kappa shape index (κ3) is 2.81. The minimum absolute atomic E-state index is 0.153. The fourth-order valence-corrected chi connectivity index (χ4v) is 2.61. The van der Waals surface area contributed by atoms with Gasteiger partial charge in [0, 0.05) is 12.1 Å². The maximum atomic E-state index is 13.9. The molecule has 0 unspecified atom stereocenters. The third-order valence-corrected chi connectivity index (χ3v) is 3.71. The van der Waals surface area contributed by atoms with Crippen LogP contribution in [0.1, 0.15) is 12.5 Å². The van der Waals surface area contributed by atoms with Crippen molar-refractivity contribution in [1.29, 1.82) is 0 Å². The molecule has 1 N–H and O–H groups in total. The van der Waals surface area contributed by atoms with Crippen LogP contribution < -0.4 is 5.32 Å². The molecule has 0 aliphatic carbocycles. The lowest BCUT2D eigenvalue weighted by Crippen LogP contribution is -2.12. The second-order valence-electron chi connectivity index (χ2n) is 5.11. The summed E-state index contributed by atoms with van der Waals surface area (Å²) in [6.07, 6.45) is 0. The number of halogens is 1. The van der Waals surface area contributed by atoms with Crippen LogP contribution in [0, 0.1) is 5.82 Å². The molecule has 0 bridgehead atoms. The minimum Gasteiger partial charge on any atom is -0.313 e. The Morgan fingerprint density at radius 2 is 1.76 bits per heavy atom. The number of hydrogen-bond donors (Lipinski definition) is 1. The number of hydrogen-bond acceptors (Lipinski definition) is 1. The Balaban J connectivity index is 2.10. The molecule has 21 heavy (non-hydrogen) atoms. The van der Waals surface area contributed by atoms with Crippen molar-refractivity contribution in [3.63, 3.8) is 0 Å². The molecule has 0 aliphatic rings. The Labute approximate surface area is 124 Å². The van der Waals surface area contributed by atoms with Gasteiger partial charge in [-0.05, 0) is 40.6 Å². The highest BCUT2D eigenvalue weighted by molar-refractivity contribution is 5.96. The van der Waals surface area contributed by atoms with E-state index in [1.54, 1.807) is 6.07 Å². The van der Waals surface area contributed by atoms with Crippen molar-refractivity contribution in [1.82, 2.24) is 5.32 Å².